The van der Waals surface area contributed by atoms with Crippen LogP contribution < -0.4 is 5.43 Å². The Balaban J connectivity index is 1.29. The highest BCUT2D eigenvalue weighted by Crippen LogP contribution is 2.35. The van der Waals surface area contributed by atoms with E-state index in [9.17, 15) is 4.79 Å². The van der Waals surface area contributed by atoms with Crippen LogP contribution in [0.3, 0.4) is 0 Å². The van der Waals surface area contributed by atoms with Crippen molar-refractivity contribution >= 4 is 22.8 Å². The quantitative estimate of drug-likeness (QED) is 0.401. The first-order valence-electron chi connectivity index (χ1n) is 13.2. The van der Waals surface area contributed by atoms with Gasteiger partial charge in [-0.15, -0.1) is 0 Å². The summed E-state index contributed by atoms with van der Waals surface area (Å²) in [5.41, 5.74) is 9.95. The van der Waals surface area contributed by atoms with E-state index in [1.54, 1.807) is 23.5 Å². The fourth-order valence-electron chi connectivity index (χ4n) is 5.54. The van der Waals surface area contributed by atoms with Crippen LogP contribution in [0.25, 0.3) is 22.3 Å². The van der Waals surface area contributed by atoms with Crippen molar-refractivity contribution in [1.29, 1.82) is 0 Å². The van der Waals surface area contributed by atoms with Gasteiger partial charge in [0.05, 0.1) is 17.8 Å². The molecule has 0 aromatic carbocycles. The van der Waals surface area contributed by atoms with Crippen LogP contribution in [-0.2, 0) is 24.8 Å². The minimum atomic E-state index is -0.0767. The largest absolute Gasteiger partial charge is 0.381 e. The number of hydrogen-bond acceptors (Lipinski definition) is 7. The molecule has 2 aliphatic heterocycles. The minimum Gasteiger partial charge on any atom is -0.381 e. The lowest BCUT2D eigenvalue weighted by Gasteiger charge is -2.26. The van der Waals surface area contributed by atoms with Gasteiger partial charge in [0.25, 0.3) is 5.91 Å². The van der Waals surface area contributed by atoms with Gasteiger partial charge in [0.2, 0.25) is 0 Å². The van der Waals surface area contributed by atoms with Gasteiger partial charge < -0.3 is 14.2 Å². The maximum Gasteiger partial charge on any atom is 0.273 e. The molecular weight excluding hydrogens is 478 g/mol. The van der Waals surface area contributed by atoms with E-state index in [2.05, 4.69) is 35.5 Å². The molecule has 1 saturated heterocycles. The maximum atomic E-state index is 13.4. The van der Waals surface area contributed by atoms with Gasteiger partial charge in [-0.05, 0) is 62.7 Å². The Kier molecular flexibility index (Phi) is 6.55. The zero-order valence-corrected chi connectivity index (χ0v) is 22.1. The first kappa shape index (κ1) is 24.5. The first-order valence-corrected chi connectivity index (χ1v) is 13.2. The van der Waals surface area contributed by atoms with Crippen molar-refractivity contribution in [2.75, 3.05) is 39.3 Å². The van der Waals surface area contributed by atoms with Crippen molar-refractivity contribution in [2.24, 2.45) is 7.05 Å². The molecule has 0 unspecified atom stereocenters. The van der Waals surface area contributed by atoms with E-state index in [4.69, 9.17) is 14.7 Å². The fourth-order valence-corrected chi connectivity index (χ4v) is 5.54. The molecule has 4 aromatic rings. The number of fused-ring (bicyclic) bond motifs is 2. The number of rotatable bonds is 7. The van der Waals surface area contributed by atoms with Gasteiger partial charge in [-0.25, -0.2) is 15.0 Å². The van der Waals surface area contributed by atoms with Crippen molar-refractivity contribution in [2.45, 2.75) is 31.7 Å². The maximum absolute atomic E-state index is 13.4. The summed E-state index contributed by atoms with van der Waals surface area (Å²) in [7, 11) is 6.13. The SMILES string of the molecule is CN(C)CCc1nc(NN2Cc3c(ccnc3-c3ccnc4c3ccn4C)C2=O)ccc1C1CCOCC1. The van der Waals surface area contributed by atoms with E-state index in [1.807, 2.05) is 36.0 Å². The Morgan fingerprint density at radius 2 is 1.84 bits per heavy atom. The molecule has 2 aliphatic rings. The Hall–Kier alpha value is -3.82. The van der Waals surface area contributed by atoms with Crippen molar-refractivity contribution in [3.05, 3.63) is 71.3 Å². The lowest BCUT2D eigenvalue weighted by molar-refractivity contribution is 0.0813. The average Bonchev–Trinajstić information content (AvgIpc) is 3.47. The van der Waals surface area contributed by atoms with Crippen molar-refractivity contribution in [3.8, 4) is 11.3 Å². The first-order chi connectivity index (χ1) is 18.5. The molecule has 38 heavy (non-hydrogen) atoms. The van der Waals surface area contributed by atoms with E-state index < -0.39 is 0 Å². The molecule has 1 fully saturated rings. The van der Waals surface area contributed by atoms with Crippen LogP contribution in [0.2, 0.25) is 0 Å². The summed E-state index contributed by atoms with van der Waals surface area (Å²) in [4.78, 5) is 29.8. The van der Waals surface area contributed by atoms with Crippen LogP contribution in [0.1, 0.15) is 45.9 Å². The normalized spacial score (nSPS) is 16.0. The lowest BCUT2D eigenvalue weighted by Crippen LogP contribution is -2.31. The zero-order valence-electron chi connectivity index (χ0n) is 22.1. The van der Waals surface area contributed by atoms with E-state index in [0.717, 1.165) is 72.6 Å². The summed E-state index contributed by atoms with van der Waals surface area (Å²) >= 11 is 0. The molecule has 6 rings (SSSR count). The number of carbonyl (C=O) groups excluding carboxylic acids is 1. The van der Waals surface area contributed by atoms with Gasteiger partial charge in [-0.2, -0.15) is 0 Å². The molecule has 0 atom stereocenters. The van der Waals surface area contributed by atoms with Gasteiger partial charge in [0, 0.05) is 74.0 Å². The predicted molar refractivity (Wildman–Crippen MR) is 147 cm³/mol. The number of likely N-dealkylation sites (N-methyl/N-ethyl adjacent to an activating group) is 1. The van der Waals surface area contributed by atoms with E-state index >= 15 is 0 Å². The molecule has 0 bridgehead atoms. The standard InChI is InChI=1S/C29H33N7O2/c1-34(2)14-9-25-20(19-10-16-38-17-11-19)4-5-26(32-25)33-36-18-24-23(29(36)37)7-12-30-27(24)21-6-13-31-28-22(21)8-15-35(28)3/h4-8,12-13,15,19H,9-11,14,16-18H2,1-3H3,(H,32,33). The molecular formula is C29H33N7O2. The van der Waals surface area contributed by atoms with Crippen LogP contribution in [0, 0.1) is 0 Å². The highest BCUT2D eigenvalue weighted by atomic mass is 16.5. The molecule has 9 heteroatoms. The van der Waals surface area contributed by atoms with E-state index in [0.29, 0.717) is 23.8 Å². The number of aromatic nitrogens is 4. The summed E-state index contributed by atoms with van der Waals surface area (Å²) in [6, 6.07) is 10.00. The molecule has 1 amide bonds. The van der Waals surface area contributed by atoms with Crippen molar-refractivity contribution in [1.82, 2.24) is 29.4 Å². The molecule has 0 radical (unpaired) electrons. The van der Waals surface area contributed by atoms with Gasteiger partial charge in [-0.1, -0.05) is 6.07 Å². The smallest absolute Gasteiger partial charge is 0.273 e. The minimum absolute atomic E-state index is 0.0767. The van der Waals surface area contributed by atoms with Crippen molar-refractivity contribution in [3.63, 3.8) is 0 Å². The second kappa shape index (κ2) is 10.2. The third-order valence-electron chi connectivity index (χ3n) is 7.59. The summed E-state index contributed by atoms with van der Waals surface area (Å²) < 4.78 is 7.58. The summed E-state index contributed by atoms with van der Waals surface area (Å²) in [6.07, 6.45) is 8.39. The highest BCUT2D eigenvalue weighted by molar-refractivity contribution is 6.02. The second-order valence-electron chi connectivity index (χ2n) is 10.4. The second-order valence-corrected chi connectivity index (χ2v) is 10.4. The number of nitrogens with one attached hydrogen (secondary N) is 1. The zero-order chi connectivity index (χ0) is 26.2. The number of anilines is 1. The van der Waals surface area contributed by atoms with Crippen LogP contribution in [-0.4, -0.2) is 69.2 Å². The topological polar surface area (TPSA) is 88.4 Å². The van der Waals surface area contributed by atoms with Crippen LogP contribution in [0.4, 0.5) is 5.82 Å². The Bertz CT molecular complexity index is 1490. The number of carbonyl (C=O) groups is 1. The number of hydrazine groups is 1. The molecule has 4 aromatic heterocycles. The molecule has 1 N–H and O–H groups in total. The number of nitrogens with zero attached hydrogens (tertiary/aromatic N) is 6. The van der Waals surface area contributed by atoms with E-state index in [1.165, 1.54) is 5.56 Å². The average molecular weight is 512 g/mol. The highest BCUT2D eigenvalue weighted by Gasteiger charge is 2.31. The van der Waals surface area contributed by atoms with Crippen molar-refractivity contribution < 1.29 is 9.53 Å². The molecule has 0 spiro atoms. The van der Waals surface area contributed by atoms with Gasteiger partial charge in [0.1, 0.15) is 11.5 Å². The molecule has 0 saturated carbocycles. The number of ether oxygens (including phenoxy) is 1. The van der Waals surface area contributed by atoms with E-state index in [-0.39, 0.29) is 5.91 Å². The Morgan fingerprint density at radius 3 is 2.66 bits per heavy atom. The van der Waals surface area contributed by atoms with Crippen LogP contribution in [0.15, 0.2) is 48.9 Å². The third-order valence-corrected chi connectivity index (χ3v) is 7.59. The van der Waals surface area contributed by atoms with Gasteiger partial charge in [0.15, 0.2) is 0 Å². The van der Waals surface area contributed by atoms with Crippen LogP contribution in [0.5, 0.6) is 0 Å². The summed E-state index contributed by atoms with van der Waals surface area (Å²) in [6.45, 7) is 2.91. The molecule has 0 aliphatic carbocycles. The fraction of sp³-hybridized carbons (Fsp3) is 0.379. The van der Waals surface area contributed by atoms with Gasteiger partial charge in [-0.3, -0.25) is 15.2 Å². The number of pyridine rings is 3. The van der Waals surface area contributed by atoms with Gasteiger partial charge >= 0.3 is 0 Å². The lowest BCUT2D eigenvalue weighted by atomic mass is 9.89. The monoisotopic (exact) mass is 511 g/mol. The summed E-state index contributed by atoms with van der Waals surface area (Å²) in [5.74, 6) is 1.07. The summed E-state index contributed by atoms with van der Waals surface area (Å²) in [5, 5.41) is 2.66. The van der Waals surface area contributed by atoms with Crippen LogP contribution >= 0.6 is 0 Å². The Labute approximate surface area is 222 Å². The molecule has 196 valence electrons. The number of aryl methyl sites for hydroxylation is 1. The Morgan fingerprint density at radius 1 is 1.05 bits per heavy atom. The predicted octanol–water partition coefficient (Wildman–Crippen LogP) is 4.01. The number of hydrogen-bond donors (Lipinski definition) is 1. The number of amides is 1. The third kappa shape index (κ3) is 4.52. The molecule has 9 nitrogen and oxygen atoms in total. The molecule has 6 heterocycles.